The van der Waals surface area contributed by atoms with Gasteiger partial charge in [-0.15, -0.1) is 0 Å². The fourth-order valence-electron chi connectivity index (χ4n) is 4.44. The molecule has 0 saturated carbocycles. The van der Waals surface area contributed by atoms with Gasteiger partial charge in [-0.25, -0.2) is 0 Å². The van der Waals surface area contributed by atoms with Gasteiger partial charge in [-0.3, -0.25) is 0 Å². The number of nitriles is 1. The van der Waals surface area contributed by atoms with Crippen LogP contribution in [-0.2, 0) is 11.2 Å². The van der Waals surface area contributed by atoms with E-state index in [0.717, 1.165) is 16.4 Å². The summed E-state index contributed by atoms with van der Waals surface area (Å²) in [5.74, 6) is 1.45. The quantitative estimate of drug-likeness (QED) is 0.240. The van der Waals surface area contributed by atoms with Crippen LogP contribution in [0.2, 0.25) is 0 Å². The summed E-state index contributed by atoms with van der Waals surface area (Å²) in [7, 11) is 0. The molecule has 0 bridgehead atoms. The molecule has 5 rings (SSSR count). The number of aliphatic hydroxyl groups excluding tert-OH is 1. The van der Waals surface area contributed by atoms with Crippen LogP contribution in [0.25, 0.3) is 22.8 Å². The third-order valence-corrected chi connectivity index (χ3v) is 11.5. The van der Waals surface area contributed by atoms with Crippen molar-refractivity contribution in [1.82, 2.24) is 18.6 Å². The molecule has 1 atom stereocenters. The monoisotopic (exact) mass is 601 g/mol. The van der Waals surface area contributed by atoms with Gasteiger partial charge in [0.25, 0.3) is 0 Å². The molecule has 188 valence electrons. The Bertz CT molecular complexity index is 1320. The summed E-state index contributed by atoms with van der Waals surface area (Å²) in [6, 6.07) is 13.6. The fourth-order valence-corrected chi connectivity index (χ4v) is 9.67. The number of benzene rings is 2. The summed E-state index contributed by atoms with van der Waals surface area (Å²) in [6.45, 7) is 5.19. The first-order valence-corrected chi connectivity index (χ1v) is 15.6. The van der Waals surface area contributed by atoms with Crippen LogP contribution in [0.3, 0.4) is 0 Å². The molecular weight excluding hydrogens is 573 g/mol. The van der Waals surface area contributed by atoms with Gasteiger partial charge in [0.15, 0.2) is 0 Å². The third kappa shape index (κ3) is 5.09. The number of carbonyl (C=O) groups is 1. The number of hydrogen-bond donors (Lipinski definition) is 2. The Morgan fingerprint density at radius 3 is 3.00 bits per heavy atom. The second kappa shape index (κ2) is 10.5. The Labute approximate surface area is 217 Å². The molecule has 2 aromatic carbocycles. The maximum atomic E-state index is 12.5. The topological polar surface area (TPSA) is 125 Å². The van der Waals surface area contributed by atoms with E-state index >= 15 is 0 Å². The summed E-state index contributed by atoms with van der Waals surface area (Å²) < 4.78 is 17.1. The molecule has 3 aromatic rings. The van der Waals surface area contributed by atoms with Crippen LogP contribution in [0.1, 0.15) is 31.4 Å². The number of ether oxygens (including phenoxy) is 1. The second-order valence-electron chi connectivity index (χ2n) is 9.07. The van der Waals surface area contributed by atoms with E-state index in [-0.39, 0.29) is 12.0 Å². The van der Waals surface area contributed by atoms with Gasteiger partial charge in [-0.2, -0.15) is 0 Å². The zero-order valence-electron chi connectivity index (χ0n) is 20.2. The first-order valence-electron chi connectivity index (χ1n) is 11.9. The molecule has 1 aromatic heterocycles. The van der Waals surface area contributed by atoms with Crippen LogP contribution in [0.5, 0.6) is 5.75 Å². The van der Waals surface area contributed by atoms with Gasteiger partial charge in [-0.05, 0) is 13.8 Å². The van der Waals surface area contributed by atoms with Gasteiger partial charge < -0.3 is 0 Å². The van der Waals surface area contributed by atoms with Gasteiger partial charge in [0.2, 0.25) is 0 Å². The van der Waals surface area contributed by atoms with Crippen molar-refractivity contribution >= 4 is 26.0 Å². The van der Waals surface area contributed by atoms with Crippen LogP contribution in [0.15, 0.2) is 40.9 Å². The molecule has 0 aliphatic carbocycles. The molecule has 3 heterocycles. The van der Waals surface area contributed by atoms with E-state index < -0.39 is 26.2 Å². The van der Waals surface area contributed by atoms with E-state index in [9.17, 15) is 15.2 Å². The Hall–Kier alpha value is -3.01. The molecule has 0 unspecified atom stereocenters. The molecule has 2 aliphatic heterocycles. The number of β-amino-alcohol motifs (C(OH)–C–C–N with tert-alkyl or cyclic N) is 1. The van der Waals surface area contributed by atoms with E-state index in [2.05, 4.69) is 25.8 Å². The Kier molecular flexibility index (Phi) is 7.22. The van der Waals surface area contributed by atoms with Gasteiger partial charge in [-0.1, -0.05) is 0 Å². The van der Waals surface area contributed by atoms with E-state index in [1.807, 2.05) is 32.0 Å². The Morgan fingerprint density at radius 2 is 2.25 bits per heavy atom. The average molecular weight is 601 g/mol. The molecule has 1 fully saturated rings. The molecule has 1 saturated heterocycles. The van der Waals surface area contributed by atoms with E-state index in [1.54, 1.807) is 17.0 Å². The number of halogens is 1. The van der Waals surface area contributed by atoms with Crippen molar-refractivity contribution < 1.29 is 19.2 Å². The molecule has 10 heteroatoms. The summed E-state index contributed by atoms with van der Waals surface area (Å²) >= 11 is -1.73. The molecule has 9 nitrogen and oxygen atoms in total. The predicted molar refractivity (Wildman–Crippen MR) is 142 cm³/mol. The number of likely N-dealkylation sites (tertiary alicyclic amines) is 1. The number of rotatable bonds is 7. The van der Waals surface area contributed by atoms with Crippen molar-refractivity contribution in [2.75, 3.05) is 24.1 Å². The van der Waals surface area contributed by atoms with Crippen LogP contribution < -0.4 is 8.27 Å². The van der Waals surface area contributed by atoms with Gasteiger partial charge in [0.1, 0.15) is 0 Å². The number of nitrogens with zero attached hydrogens (tertiary/aromatic N) is 4. The van der Waals surface area contributed by atoms with Crippen molar-refractivity contribution in [2.24, 2.45) is 0 Å². The van der Waals surface area contributed by atoms with Crippen LogP contribution >= 0.6 is 20.1 Å². The van der Waals surface area contributed by atoms with E-state index in [1.165, 1.54) is 9.13 Å². The van der Waals surface area contributed by atoms with Crippen LogP contribution in [0, 0.1) is 14.9 Å². The van der Waals surface area contributed by atoms with Gasteiger partial charge in [0, 0.05) is 0 Å². The molecular formula is C26H28IN5O4. The maximum absolute atomic E-state index is 12.5. The Morgan fingerprint density at radius 1 is 1.39 bits per heavy atom. The summed E-state index contributed by atoms with van der Waals surface area (Å²) in [5, 5.41) is 23.5. The fraction of sp³-hybridized carbons (Fsp3) is 0.385. The summed E-state index contributed by atoms with van der Waals surface area (Å²) in [5.41, 5.74) is 3.23. The van der Waals surface area contributed by atoms with Gasteiger partial charge >= 0.3 is 204 Å². The molecule has 2 aliphatic rings. The van der Waals surface area contributed by atoms with Crippen molar-refractivity contribution in [1.29, 1.82) is 5.26 Å². The molecule has 36 heavy (non-hydrogen) atoms. The molecule has 2 N–H and O–H groups in total. The average Bonchev–Trinajstić information content (AvgIpc) is 3.62. The minimum absolute atomic E-state index is 0.0355. The number of fused-ring (bicyclic) bond motifs is 1. The normalized spacial score (nSPS) is 17.9. The zero-order valence-corrected chi connectivity index (χ0v) is 22.4. The zero-order chi connectivity index (χ0) is 25.2. The molecule has 0 radical (unpaired) electrons. The molecule has 1 amide bonds. The number of hydrogen-bond acceptors (Lipinski definition) is 8. The first-order chi connectivity index (χ1) is 17.4. The van der Waals surface area contributed by atoms with Crippen molar-refractivity contribution in [3.63, 3.8) is 0 Å². The number of amides is 1. The summed E-state index contributed by atoms with van der Waals surface area (Å²) in [6.07, 6.45) is 1.12. The van der Waals surface area contributed by atoms with Gasteiger partial charge in [0.05, 0.1) is 0 Å². The van der Waals surface area contributed by atoms with Crippen molar-refractivity contribution in [3.05, 3.63) is 51.1 Å². The predicted octanol–water partition coefficient (Wildman–Crippen LogP) is 3.39. The van der Waals surface area contributed by atoms with Crippen molar-refractivity contribution in [3.8, 4) is 34.7 Å². The Balaban J connectivity index is 1.32. The SMILES string of the molecule is CC(C)Oc1ccc(-c2nc(-c3cccc4c3CCI4NCC(=O)N3CC[C@H](O)C3)no2)cc1C#N. The standard InChI is InChI=1S/C26H28IN5O4/c1-16(2)35-23-7-6-17(12-18(23)13-28)26-30-25(31-36-26)21-4-3-5-22-20(21)8-10-27(22)29-14-24(34)32-11-9-19(33)15-32/h3-7,12,16,19,29,33H,8-11,14-15H2,1-2H3/t19-/m0/s1. The third-order valence-electron chi connectivity index (χ3n) is 6.17. The number of nitrogens with one attached hydrogen (secondary N) is 1. The second-order valence-corrected chi connectivity index (χ2v) is 14.1. The van der Waals surface area contributed by atoms with Crippen LogP contribution in [0.4, 0.5) is 0 Å². The number of carbonyl (C=O) groups excluding carboxylic acids is 1. The van der Waals surface area contributed by atoms with Crippen molar-refractivity contribution in [2.45, 2.75) is 38.9 Å². The minimum atomic E-state index is -1.73. The summed E-state index contributed by atoms with van der Waals surface area (Å²) in [4.78, 5) is 18.9. The number of alkyl halides is 1. The van der Waals surface area contributed by atoms with E-state index in [4.69, 9.17) is 9.26 Å². The number of aliphatic hydroxyl groups is 1. The van der Waals surface area contributed by atoms with E-state index in [0.29, 0.717) is 54.6 Å². The number of aromatic nitrogens is 2. The first kappa shape index (κ1) is 24.7. The van der Waals surface area contributed by atoms with Crippen LogP contribution in [-0.4, -0.2) is 62.3 Å². The molecule has 0 spiro atoms.